The fourth-order valence-electron chi connectivity index (χ4n) is 7.36. The molecule has 8 aromatic carbocycles. The van der Waals surface area contributed by atoms with Gasteiger partial charge in [0, 0.05) is 9.52 Å². The van der Waals surface area contributed by atoms with Crippen molar-refractivity contribution in [1.82, 2.24) is 0 Å². The van der Waals surface area contributed by atoms with E-state index in [4.69, 9.17) is 17.0 Å². The van der Waals surface area contributed by atoms with Gasteiger partial charge >= 0.3 is 37.9 Å². The normalized spacial score (nSPS) is 13.3. The Morgan fingerprint density at radius 1 is 0.608 bits per heavy atom. The molecule has 0 saturated carbocycles. The zero-order valence-electron chi connectivity index (χ0n) is 29.7. The minimum absolute atomic E-state index is 0.595. The molecule has 0 N–H and O–H groups in total. The van der Waals surface area contributed by atoms with E-state index in [0.29, 0.717) is 5.92 Å². The molecule has 0 bridgehead atoms. The van der Waals surface area contributed by atoms with E-state index in [1.807, 2.05) is 0 Å². The molecular formula is C47H42Cl2SiZr. The average molecular weight is 797 g/mol. The van der Waals surface area contributed by atoms with Crippen molar-refractivity contribution < 1.29 is 20.8 Å². The molecule has 0 saturated heterocycles. The van der Waals surface area contributed by atoms with Crippen LogP contribution in [0.15, 0.2) is 152 Å². The van der Waals surface area contributed by atoms with Gasteiger partial charge in [-0.15, -0.1) is 68.6 Å². The van der Waals surface area contributed by atoms with Crippen LogP contribution in [0.5, 0.6) is 0 Å². The minimum atomic E-state index is -0.826. The summed E-state index contributed by atoms with van der Waals surface area (Å²) in [6.07, 6.45) is 7.14. The zero-order chi connectivity index (χ0) is 35.7. The van der Waals surface area contributed by atoms with Crippen LogP contribution in [0.1, 0.15) is 35.4 Å². The summed E-state index contributed by atoms with van der Waals surface area (Å²) in [5.41, 5.74) is 9.48. The molecule has 0 fully saturated rings. The van der Waals surface area contributed by atoms with Gasteiger partial charge < -0.3 is 0 Å². The van der Waals surface area contributed by atoms with E-state index in [0.717, 1.165) is 9.52 Å². The second-order valence-corrected chi connectivity index (χ2v) is 17.9. The summed E-state index contributed by atoms with van der Waals surface area (Å²) in [6.45, 7) is 8.67. The van der Waals surface area contributed by atoms with Crippen LogP contribution in [0, 0.1) is 13.8 Å². The number of hydrogen-bond donors (Lipinski definition) is 0. The Morgan fingerprint density at radius 3 is 1.73 bits per heavy atom. The average Bonchev–Trinajstić information content (AvgIpc) is 3.93. The van der Waals surface area contributed by atoms with Crippen molar-refractivity contribution in [1.29, 1.82) is 0 Å². The monoisotopic (exact) mass is 794 g/mol. The van der Waals surface area contributed by atoms with Crippen LogP contribution in [-0.2, 0) is 20.8 Å². The molecule has 0 heterocycles. The summed E-state index contributed by atoms with van der Waals surface area (Å²) in [4.78, 5) is 0. The fraction of sp³-hybridized carbons (Fsp3) is 0.149. The van der Waals surface area contributed by atoms with Crippen LogP contribution in [0.4, 0.5) is 0 Å². The molecule has 0 aliphatic heterocycles. The molecule has 4 heteroatoms. The number of halogens is 2. The summed E-state index contributed by atoms with van der Waals surface area (Å²) >= 11 is -0.826. The number of rotatable bonds is 3. The number of benzene rings is 6. The predicted octanol–water partition coefficient (Wildman–Crippen LogP) is 15.0. The molecule has 1 atom stereocenters. The van der Waals surface area contributed by atoms with Gasteiger partial charge in [-0.25, -0.2) is 0 Å². The predicted molar refractivity (Wildman–Crippen MR) is 225 cm³/mol. The molecule has 1 aliphatic carbocycles. The summed E-state index contributed by atoms with van der Waals surface area (Å²) < 4.78 is 0. The number of aryl methyl sites for hydroxylation is 2. The Hall–Kier alpha value is -3.52. The third-order valence-electron chi connectivity index (χ3n) is 9.62. The van der Waals surface area contributed by atoms with E-state index in [2.05, 4.69) is 179 Å². The van der Waals surface area contributed by atoms with Gasteiger partial charge in [0.15, 0.2) is 0 Å². The van der Waals surface area contributed by atoms with E-state index in [9.17, 15) is 0 Å². The molecule has 0 aromatic heterocycles. The Kier molecular flexibility index (Phi) is 13.0. The van der Waals surface area contributed by atoms with Gasteiger partial charge in [0.25, 0.3) is 0 Å². The zero-order valence-corrected chi connectivity index (χ0v) is 34.7. The van der Waals surface area contributed by atoms with Gasteiger partial charge in [0.05, 0.1) is 0 Å². The molecular weight excluding hydrogens is 755 g/mol. The quantitative estimate of drug-likeness (QED) is 0.0949. The van der Waals surface area contributed by atoms with Crippen LogP contribution >= 0.6 is 17.0 Å². The fourth-order valence-corrected chi connectivity index (χ4v) is 7.36. The molecule has 1 unspecified atom stereocenters. The van der Waals surface area contributed by atoms with Crippen molar-refractivity contribution >= 4 is 69.6 Å². The Labute approximate surface area is 324 Å². The number of hydrogen-bond acceptors (Lipinski definition) is 0. The van der Waals surface area contributed by atoms with Crippen LogP contribution in [0.2, 0.25) is 13.1 Å². The molecule has 2 radical (unpaired) electrons. The SMILES string of the molecule is C1=CC(c2cc3c(-c4cccc5ccccc45)cccc3[cH-]2)CC1.C[Si]C.Cc1cc2c(-c3cccc4ccccc34)ccc(C)c2[cH-]1.[Cl][Zr+2][Cl]. The van der Waals surface area contributed by atoms with Crippen molar-refractivity contribution in [3.63, 3.8) is 0 Å². The summed E-state index contributed by atoms with van der Waals surface area (Å²) in [7, 11) is 11.0. The first kappa shape index (κ1) is 37.2. The van der Waals surface area contributed by atoms with Crippen LogP contribution in [0.3, 0.4) is 0 Å². The van der Waals surface area contributed by atoms with Crippen molar-refractivity contribution in [2.45, 2.75) is 45.7 Å². The molecule has 252 valence electrons. The van der Waals surface area contributed by atoms with Gasteiger partial charge in [0.1, 0.15) is 0 Å². The van der Waals surface area contributed by atoms with Crippen molar-refractivity contribution in [2.75, 3.05) is 0 Å². The molecule has 1 aliphatic rings. The van der Waals surface area contributed by atoms with E-state index in [-0.39, 0.29) is 0 Å². The first-order valence-electron chi connectivity index (χ1n) is 17.5. The first-order chi connectivity index (χ1) is 25.0. The number of allylic oxidation sites excluding steroid dienone is 2. The van der Waals surface area contributed by atoms with E-state index in [1.54, 1.807) is 0 Å². The molecule has 0 nitrogen and oxygen atoms in total. The van der Waals surface area contributed by atoms with Gasteiger partial charge in [-0.05, 0) is 51.4 Å². The molecule has 0 amide bonds. The van der Waals surface area contributed by atoms with Crippen LogP contribution in [-0.4, -0.2) is 9.52 Å². The van der Waals surface area contributed by atoms with E-state index in [1.165, 1.54) is 94.9 Å². The third-order valence-corrected chi connectivity index (χ3v) is 9.62. The Bertz CT molecular complexity index is 2400. The van der Waals surface area contributed by atoms with Crippen LogP contribution in [0.25, 0.3) is 65.3 Å². The summed E-state index contributed by atoms with van der Waals surface area (Å²) in [6, 6.07) is 51.0. The van der Waals surface area contributed by atoms with Gasteiger partial charge in [0.2, 0.25) is 0 Å². The molecule has 51 heavy (non-hydrogen) atoms. The van der Waals surface area contributed by atoms with Crippen molar-refractivity contribution in [3.8, 4) is 22.3 Å². The maximum atomic E-state index is 4.93. The second kappa shape index (κ2) is 17.8. The molecule has 0 spiro atoms. The van der Waals surface area contributed by atoms with Gasteiger partial charge in [-0.2, -0.15) is 12.1 Å². The van der Waals surface area contributed by atoms with Crippen LogP contribution < -0.4 is 0 Å². The van der Waals surface area contributed by atoms with Gasteiger partial charge in [-0.3, -0.25) is 0 Å². The first-order valence-corrected chi connectivity index (χ1v) is 25.8. The third kappa shape index (κ3) is 8.42. The van der Waals surface area contributed by atoms with E-state index >= 15 is 0 Å². The Morgan fingerprint density at radius 2 is 1.14 bits per heavy atom. The number of fused-ring (bicyclic) bond motifs is 4. The maximum absolute atomic E-state index is 4.93. The van der Waals surface area contributed by atoms with Gasteiger partial charge in [-0.1, -0.05) is 147 Å². The molecule has 8 aromatic rings. The molecule has 9 rings (SSSR count). The van der Waals surface area contributed by atoms with E-state index < -0.39 is 20.8 Å². The summed E-state index contributed by atoms with van der Waals surface area (Å²) in [5, 5.41) is 10.7. The second-order valence-electron chi connectivity index (χ2n) is 13.1. The summed E-state index contributed by atoms with van der Waals surface area (Å²) in [5.74, 6) is 0.595. The standard InChI is InChI=1S/C24H19.C21H17.C2H6Si.2ClH.Zr/c1-2-8-17(7-1)20-15-19-11-6-14-23(24(19)16-20)22-13-5-10-18-9-3-4-12-21(18)22;1-14-12-20-15(2)10-11-19(21(20)13-14)18-9-5-7-16-6-3-4-8-17(16)18;1-3-2;;;/h1,3-7,9-17H,2,8H2;3-13H,1-2H3;1-2H3;2*1H;/q2*-1;;;;+4/p-2. The Balaban J connectivity index is 0.000000154. The van der Waals surface area contributed by atoms with Crippen molar-refractivity contribution in [2.24, 2.45) is 0 Å². The topological polar surface area (TPSA) is 0 Å². The van der Waals surface area contributed by atoms with Crippen molar-refractivity contribution in [3.05, 3.63) is 168 Å².